The lowest BCUT2D eigenvalue weighted by molar-refractivity contribution is 0.636. The maximum atomic E-state index is 7.01. The van der Waals surface area contributed by atoms with Crippen LogP contribution in [0.3, 0.4) is 0 Å². The van der Waals surface area contributed by atoms with Crippen LogP contribution in [0.4, 0.5) is 0 Å². The number of hydrogen-bond acceptors (Lipinski definition) is 5. The molecule has 0 aliphatic carbocycles. The zero-order valence-electron chi connectivity index (χ0n) is 31.2. The van der Waals surface area contributed by atoms with Crippen molar-refractivity contribution in [3.8, 4) is 73.2 Å². The van der Waals surface area contributed by atoms with E-state index in [1.54, 1.807) is 12.4 Å². The SMILES string of the molecule is c1ccc(-c2oc3c(ccc4c3c3ccccc3n4-c3cccc(-c4cc(-c5ccc(-c6ccncc6)cc5)nc(-c5ccncc5)n4)c3)c2-c2ccccc2)cc1. The van der Waals surface area contributed by atoms with Gasteiger partial charge < -0.3 is 8.98 Å². The number of pyridine rings is 2. The fourth-order valence-electron chi connectivity index (χ4n) is 8.12. The number of benzene rings is 6. The van der Waals surface area contributed by atoms with Gasteiger partial charge in [-0.1, -0.05) is 115 Å². The first kappa shape index (κ1) is 33.4. The van der Waals surface area contributed by atoms with Crippen molar-refractivity contribution in [2.45, 2.75) is 0 Å². The lowest BCUT2D eigenvalue weighted by Crippen LogP contribution is -1.98. The molecule has 5 heterocycles. The van der Waals surface area contributed by atoms with Gasteiger partial charge in [0.05, 0.1) is 27.8 Å². The number of nitrogens with zero attached hydrogens (tertiary/aromatic N) is 5. The Morgan fingerprint density at radius 2 is 1.00 bits per heavy atom. The summed E-state index contributed by atoms with van der Waals surface area (Å²) in [5.41, 5.74) is 14.1. The summed E-state index contributed by atoms with van der Waals surface area (Å²) in [6, 6.07) is 61.1. The molecule has 0 aliphatic heterocycles. The highest BCUT2D eigenvalue weighted by Gasteiger charge is 2.23. The van der Waals surface area contributed by atoms with E-state index >= 15 is 0 Å². The predicted molar refractivity (Wildman–Crippen MR) is 234 cm³/mol. The van der Waals surface area contributed by atoms with Crippen molar-refractivity contribution in [1.29, 1.82) is 0 Å². The van der Waals surface area contributed by atoms with Gasteiger partial charge in [0, 0.05) is 69.1 Å². The summed E-state index contributed by atoms with van der Waals surface area (Å²) in [5, 5.41) is 3.29. The lowest BCUT2D eigenvalue weighted by Gasteiger charge is -2.12. The van der Waals surface area contributed by atoms with Crippen LogP contribution < -0.4 is 0 Å². The van der Waals surface area contributed by atoms with Crippen molar-refractivity contribution in [2.75, 3.05) is 0 Å². The second-order valence-electron chi connectivity index (χ2n) is 14.3. The average molecular weight is 744 g/mol. The molecule has 0 unspecified atom stereocenters. The fraction of sp³-hybridized carbons (Fsp3) is 0. The number of furan rings is 1. The van der Waals surface area contributed by atoms with Crippen molar-refractivity contribution in [3.63, 3.8) is 0 Å². The van der Waals surface area contributed by atoms with Crippen LogP contribution in [0.5, 0.6) is 0 Å². The van der Waals surface area contributed by atoms with Crippen LogP contribution in [-0.2, 0) is 0 Å². The quantitative estimate of drug-likeness (QED) is 0.163. The Kier molecular flexibility index (Phi) is 8.04. The van der Waals surface area contributed by atoms with E-state index in [0.29, 0.717) is 5.82 Å². The van der Waals surface area contributed by atoms with E-state index in [9.17, 15) is 0 Å². The second kappa shape index (κ2) is 14.0. The summed E-state index contributed by atoms with van der Waals surface area (Å²) in [4.78, 5) is 18.6. The largest absolute Gasteiger partial charge is 0.455 e. The van der Waals surface area contributed by atoms with Crippen LogP contribution >= 0.6 is 0 Å². The average Bonchev–Trinajstić information content (AvgIpc) is 3.87. The minimum Gasteiger partial charge on any atom is -0.455 e. The van der Waals surface area contributed by atoms with Crippen LogP contribution in [0.25, 0.3) is 106 Å². The third kappa shape index (κ3) is 5.74. The maximum Gasteiger partial charge on any atom is 0.160 e. The molecule has 6 heteroatoms. The van der Waals surface area contributed by atoms with Crippen molar-refractivity contribution in [3.05, 3.63) is 201 Å². The molecule has 0 atom stereocenters. The summed E-state index contributed by atoms with van der Waals surface area (Å²) in [7, 11) is 0. The van der Waals surface area contributed by atoms with Gasteiger partial charge in [-0.05, 0) is 77.4 Å². The van der Waals surface area contributed by atoms with Crippen LogP contribution in [0.1, 0.15) is 0 Å². The standard InChI is InChI=1S/C52H33N5O/c1-3-10-37(11-4-1)48-43-22-23-47-49(51(43)58-50(48)38-12-5-2-6-13-38)42-16-7-8-17-46(42)57(47)41-15-9-14-40(32-41)45-33-44(55-52(56-45)39-26-30-54-31-27-39)36-20-18-34(19-21-36)35-24-28-53-29-25-35/h1-33H. The minimum absolute atomic E-state index is 0.638. The van der Waals surface area contributed by atoms with Crippen molar-refractivity contribution in [2.24, 2.45) is 0 Å². The molecule has 11 aromatic rings. The molecule has 0 spiro atoms. The number of rotatable bonds is 7. The molecule has 6 nitrogen and oxygen atoms in total. The Balaban J connectivity index is 1.09. The Hall–Kier alpha value is -7.96. The first-order valence-corrected chi connectivity index (χ1v) is 19.3. The van der Waals surface area contributed by atoms with Gasteiger partial charge >= 0.3 is 0 Å². The molecule has 0 saturated carbocycles. The minimum atomic E-state index is 0.638. The van der Waals surface area contributed by atoms with E-state index in [1.807, 2.05) is 42.7 Å². The molecule has 0 fully saturated rings. The number of hydrogen-bond donors (Lipinski definition) is 0. The Labute approximate surface area is 334 Å². The first-order valence-electron chi connectivity index (χ1n) is 19.3. The van der Waals surface area contributed by atoms with Gasteiger partial charge in [-0.15, -0.1) is 0 Å². The van der Waals surface area contributed by atoms with Crippen LogP contribution in [-0.4, -0.2) is 24.5 Å². The van der Waals surface area contributed by atoms with E-state index < -0.39 is 0 Å². The highest BCUT2D eigenvalue weighted by atomic mass is 16.3. The predicted octanol–water partition coefficient (Wildman–Crippen LogP) is 13.1. The number of aromatic nitrogens is 5. The summed E-state index contributed by atoms with van der Waals surface area (Å²) < 4.78 is 9.35. The van der Waals surface area contributed by atoms with Crippen molar-refractivity contribution < 1.29 is 4.42 Å². The molecule has 0 radical (unpaired) electrons. The highest BCUT2D eigenvalue weighted by Crippen LogP contribution is 2.46. The van der Waals surface area contributed by atoms with Gasteiger partial charge in [0.25, 0.3) is 0 Å². The molecule has 272 valence electrons. The van der Waals surface area contributed by atoms with E-state index in [0.717, 1.165) is 100 Å². The van der Waals surface area contributed by atoms with Crippen LogP contribution in [0.15, 0.2) is 205 Å². The van der Waals surface area contributed by atoms with E-state index in [4.69, 9.17) is 14.4 Å². The topological polar surface area (TPSA) is 69.6 Å². The molecule has 0 bridgehead atoms. The Morgan fingerprint density at radius 3 is 1.74 bits per heavy atom. The molecule has 6 aromatic carbocycles. The third-order valence-corrected chi connectivity index (χ3v) is 10.8. The Morgan fingerprint density at radius 1 is 0.397 bits per heavy atom. The summed E-state index contributed by atoms with van der Waals surface area (Å²) in [6.07, 6.45) is 7.18. The molecule has 0 aliphatic rings. The molecule has 11 rings (SSSR count). The number of fused-ring (bicyclic) bond motifs is 5. The lowest BCUT2D eigenvalue weighted by atomic mass is 9.98. The summed E-state index contributed by atoms with van der Waals surface area (Å²) >= 11 is 0. The Bertz CT molecular complexity index is 3250. The van der Waals surface area contributed by atoms with Gasteiger partial charge in [0.2, 0.25) is 0 Å². The zero-order valence-corrected chi connectivity index (χ0v) is 31.2. The summed E-state index contributed by atoms with van der Waals surface area (Å²) in [6.45, 7) is 0. The van der Waals surface area contributed by atoms with E-state index in [1.165, 1.54) is 0 Å². The molecule has 0 saturated heterocycles. The van der Waals surface area contributed by atoms with Gasteiger partial charge in [-0.3, -0.25) is 9.97 Å². The second-order valence-corrected chi connectivity index (χ2v) is 14.3. The van der Waals surface area contributed by atoms with E-state index in [-0.39, 0.29) is 0 Å². The first-order chi connectivity index (χ1) is 28.8. The van der Waals surface area contributed by atoms with Crippen LogP contribution in [0, 0.1) is 0 Å². The van der Waals surface area contributed by atoms with Gasteiger partial charge in [0.1, 0.15) is 11.3 Å². The van der Waals surface area contributed by atoms with Crippen LogP contribution in [0.2, 0.25) is 0 Å². The van der Waals surface area contributed by atoms with Crippen molar-refractivity contribution in [1.82, 2.24) is 24.5 Å². The molecule has 58 heavy (non-hydrogen) atoms. The molecule has 0 N–H and O–H groups in total. The van der Waals surface area contributed by atoms with Crippen molar-refractivity contribution >= 4 is 32.8 Å². The third-order valence-electron chi connectivity index (χ3n) is 10.8. The zero-order chi connectivity index (χ0) is 38.4. The molecule has 5 aromatic heterocycles. The molecular formula is C52H33N5O. The monoisotopic (exact) mass is 743 g/mol. The van der Waals surface area contributed by atoms with Gasteiger partial charge in [-0.25, -0.2) is 9.97 Å². The smallest absolute Gasteiger partial charge is 0.160 e. The maximum absolute atomic E-state index is 7.01. The fourth-order valence-corrected chi connectivity index (χ4v) is 8.12. The van der Waals surface area contributed by atoms with Gasteiger partial charge in [0.15, 0.2) is 5.82 Å². The molecular weight excluding hydrogens is 711 g/mol. The van der Waals surface area contributed by atoms with E-state index in [2.05, 4.69) is 160 Å². The normalized spacial score (nSPS) is 11.4. The van der Waals surface area contributed by atoms with Gasteiger partial charge in [-0.2, -0.15) is 0 Å². The summed E-state index contributed by atoms with van der Waals surface area (Å²) in [5.74, 6) is 1.50. The highest BCUT2D eigenvalue weighted by molar-refractivity contribution is 6.22. The molecule has 0 amide bonds. The number of para-hydroxylation sites is 1.